The molecule has 0 saturated carbocycles. The summed E-state index contributed by atoms with van der Waals surface area (Å²) in [7, 11) is -3.68. The van der Waals surface area contributed by atoms with E-state index in [9.17, 15) is 13.2 Å². The molecule has 2 heterocycles. The summed E-state index contributed by atoms with van der Waals surface area (Å²) in [6.45, 7) is 3.98. The van der Waals surface area contributed by atoms with Crippen LogP contribution in [-0.2, 0) is 43.6 Å². The number of nitrogens with zero attached hydrogens (tertiary/aromatic N) is 2. The molecule has 9 heteroatoms. The number of nitrogens with one attached hydrogen (secondary N) is 1. The standard InChI is InChI=1S/C26H33N3O5S/c30-26(18-20-5-6-21-3-1-2-4-22(21)17-20)27-24-19-23(35(31,32)29-11-15-34-16-12-29)7-8-25(24)28-9-13-33-14-10-28/h5-8,17,19H,1-4,9-16,18H2,(H,27,30). The van der Waals surface area contributed by atoms with Gasteiger partial charge in [-0.15, -0.1) is 0 Å². The number of fused-ring (bicyclic) bond motifs is 1. The first kappa shape index (κ1) is 24.2. The van der Waals surface area contributed by atoms with E-state index in [-0.39, 0.29) is 17.2 Å². The molecule has 5 rings (SSSR count). The normalized spacial score (nSPS) is 19.3. The van der Waals surface area contributed by atoms with Crippen molar-refractivity contribution in [3.63, 3.8) is 0 Å². The average Bonchev–Trinajstić information content (AvgIpc) is 2.89. The Bertz CT molecular complexity index is 1170. The summed E-state index contributed by atoms with van der Waals surface area (Å²) in [4.78, 5) is 15.4. The summed E-state index contributed by atoms with van der Waals surface area (Å²) in [6, 6.07) is 11.4. The summed E-state index contributed by atoms with van der Waals surface area (Å²) in [5.74, 6) is -0.156. The molecule has 0 unspecified atom stereocenters. The minimum absolute atomic E-state index is 0.156. The molecule has 35 heavy (non-hydrogen) atoms. The van der Waals surface area contributed by atoms with Gasteiger partial charge in [0.25, 0.3) is 0 Å². The van der Waals surface area contributed by atoms with E-state index in [4.69, 9.17) is 9.47 Å². The van der Waals surface area contributed by atoms with Gasteiger partial charge in [0.15, 0.2) is 0 Å². The van der Waals surface area contributed by atoms with Crippen LogP contribution in [0.3, 0.4) is 0 Å². The van der Waals surface area contributed by atoms with E-state index in [1.54, 1.807) is 18.2 Å². The SMILES string of the molecule is O=C(Cc1ccc2c(c1)CCCC2)Nc1cc(S(=O)(=O)N2CCOCC2)ccc1N1CCOCC1. The third kappa shape index (κ3) is 5.53. The van der Waals surface area contributed by atoms with Gasteiger partial charge in [-0.1, -0.05) is 18.2 Å². The molecular formula is C26H33N3O5S. The molecule has 0 atom stereocenters. The van der Waals surface area contributed by atoms with Crippen LogP contribution in [0.2, 0.25) is 0 Å². The first-order valence-electron chi connectivity index (χ1n) is 12.5. The van der Waals surface area contributed by atoms with Crippen molar-refractivity contribution < 1.29 is 22.7 Å². The van der Waals surface area contributed by atoms with Crippen LogP contribution < -0.4 is 10.2 Å². The number of ether oxygens (including phenoxy) is 2. The Balaban J connectivity index is 1.39. The lowest BCUT2D eigenvalue weighted by molar-refractivity contribution is -0.115. The largest absolute Gasteiger partial charge is 0.379 e. The number of carbonyl (C=O) groups excluding carboxylic acids is 1. The fourth-order valence-corrected chi connectivity index (χ4v) is 6.50. The molecule has 0 aromatic heterocycles. The fraction of sp³-hybridized carbons (Fsp3) is 0.500. The van der Waals surface area contributed by atoms with Gasteiger partial charge < -0.3 is 19.7 Å². The molecule has 2 aliphatic heterocycles. The first-order valence-corrected chi connectivity index (χ1v) is 13.9. The van der Waals surface area contributed by atoms with Crippen molar-refractivity contribution in [3.8, 4) is 0 Å². The van der Waals surface area contributed by atoms with E-state index in [2.05, 4.69) is 22.3 Å². The Kier molecular flexibility index (Phi) is 7.38. The predicted molar refractivity (Wildman–Crippen MR) is 134 cm³/mol. The molecular weight excluding hydrogens is 466 g/mol. The molecule has 188 valence electrons. The smallest absolute Gasteiger partial charge is 0.243 e. The number of hydrogen-bond donors (Lipinski definition) is 1. The van der Waals surface area contributed by atoms with Crippen molar-refractivity contribution >= 4 is 27.3 Å². The van der Waals surface area contributed by atoms with Crippen LogP contribution in [0.15, 0.2) is 41.3 Å². The van der Waals surface area contributed by atoms with Gasteiger partial charge in [-0.2, -0.15) is 4.31 Å². The third-order valence-corrected chi connectivity index (χ3v) is 8.87. The first-order chi connectivity index (χ1) is 17.0. The Morgan fingerprint density at radius 2 is 1.54 bits per heavy atom. The molecule has 2 aromatic carbocycles. The zero-order chi connectivity index (χ0) is 24.3. The van der Waals surface area contributed by atoms with Crippen molar-refractivity contribution in [2.75, 3.05) is 62.8 Å². The van der Waals surface area contributed by atoms with Crippen LogP contribution in [0.4, 0.5) is 11.4 Å². The van der Waals surface area contributed by atoms with Crippen molar-refractivity contribution in [2.45, 2.75) is 37.0 Å². The predicted octanol–water partition coefficient (Wildman–Crippen LogP) is 2.60. The number of aryl methyl sites for hydroxylation is 2. The topological polar surface area (TPSA) is 88.2 Å². The number of sulfonamides is 1. The van der Waals surface area contributed by atoms with Crippen LogP contribution >= 0.6 is 0 Å². The van der Waals surface area contributed by atoms with Gasteiger partial charge in [-0.25, -0.2) is 8.42 Å². The van der Waals surface area contributed by atoms with Gasteiger partial charge in [0.1, 0.15) is 0 Å². The Morgan fingerprint density at radius 3 is 2.29 bits per heavy atom. The van der Waals surface area contributed by atoms with E-state index < -0.39 is 10.0 Å². The number of carbonyl (C=O) groups is 1. The minimum Gasteiger partial charge on any atom is -0.379 e. The molecule has 1 aliphatic carbocycles. The number of benzene rings is 2. The Labute approximate surface area is 207 Å². The zero-order valence-corrected chi connectivity index (χ0v) is 20.8. The monoisotopic (exact) mass is 499 g/mol. The maximum Gasteiger partial charge on any atom is 0.243 e. The summed E-state index contributed by atoms with van der Waals surface area (Å²) in [5.41, 5.74) is 5.04. The lowest BCUT2D eigenvalue weighted by Crippen LogP contribution is -2.40. The van der Waals surface area contributed by atoms with Crippen LogP contribution in [0, 0.1) is 0 Å². The van der Waals surface area contributed by atoms with Crippen molar-refractivity contribution in [1.29, 1.82) is 0 Å². The van der Waals surface area contributed by atoms with Gasteiger partial charge in [-0.3, -0.25) is 4.79 Å². The highest BCUT2D eigenvalue weighted by atomic mass is 32.2. The zero-order valence-electron chi connectivity index (χ0n) is 20.0. The maximum absolute atomic E-state index is 13.3. The highest BCUT2D eigenvalue weighted by molar-refractivity contribution is 7.89. The molecule has 2 aromatic rings. The van der Waals surface area contributed by atoms with Gasteiger partial charge in [0.2, 0.25) is 15.9 Å². The average molecular weight is 500 g/mol. The summed E-state index contributed by atoms with van der Waals surface area (Å²) in [6.07, 6.45) is 4.83. The summed E-state index contributed by atoms with van der Waals surface area (Å²) >= 11 is 0. The Morgan fingerprint density at radius 1 is 0.857 bits per heavy atom. The van der Waals surface area contributed by atoms with E-state index in [0.29, 0.717) is 58.3 Å². The number of morpholine rings is 2. The highest BCUT2D eigenvalue weighted by Crippen LogP contribution is 2.31. The number of rotatable bonds is 6. The lowest BCUT2D eigenvalue weighted by Gasteiger charge is -2.31. The molecule has 1 N–H and O–H groups in total. The second-order valence-electron chi connectivity index (χ2n) is 9.33. The van der Waals surface area contributed by atoms with Crippen LogP contribution in [0.5, 0.6) is 0 Å². The minimum atomic E-state index is -3.68. The molecule has 3 aliphatic rings. The fourth-order valence-electron chi connectivity index (χ4n) is 5.07. The van der Waals surface area contributed by atoms with E-state index in [1.165, 1.54) is 28.3 Å². The second-order valence-corrected chi connectivity index (χ2v) is 11.3. The molecule has 0 radical (unpaired) electrons. The quantitative estimate of drug-likeness (QED) is 0.658. The van der Waals surface area contributed by atoms with E-state index in [0.717, 1.165) is 24.1 Å². The number of amides is 1. The van der Waals surface area contributed by atoms with Gasteiger partial charge >= 0.3 is 0 Å². The van der Waals surface area contributed by atoms with Crippen LogP contribution in [0.25, 0.3) is 0 Å². The Hall–Kier alpha value is -2.46. The van der Waals surface area contributed by atoms with E-state index >= 15 is 0 Å². The molecule has 0 bridgehead atoms. The van der Waals surface area contributed by atoms with Crippen LogP contribution in [0.1, 0.15) is 29.5 Å². The van der Waals surface area contributed by atoms with Gasteiger partial charge in [-0.05, 0) is 60.6 Å². The van der Waals surface area contributed by atoms with E-state index in [1.807, 2.05) is 6.07 Å². The maximum atomic E-state index is 13.3. The van der Waals surface area contributed by atoms with Crippen molar-refractivity contribution in [2.24, 2.45) is 0 Å². The van der Waals surface area contributed by atoms with Crippen molar-refractivity contribution in [1.82, 2.24) is 4.31 Å². The number of anilines is 2. The molecule has 8 nitrogen and oxygen atoms in total. The molecule has 2 saturated heterocycles. The lowest BCUT2D eigenvalue weighted by atomic mass is 9.90. The van der Waals surface area contributed by atoms with Crippen LogP contribution in [-0.4, -0.2) is 71.2 Å². The summed E-state index contributed by atoms with van der Waals surface area (Å²) < 4.78 is 38.8. The molecule has 2 fully saturated rings. The van der Waals surface area contributed by atoms with Gasteiger partial charge in [0, 0.05) is 26.2 Å². The molecule has 0 spiro atoms. The highest BCUT2D eigenvalue weighted by Gasteiger charge is 2.28. The molecule has 1 amide bonds. The summed E-state index contributed by atoms with van der Waals surface area (Å²) in [5, 5.41) is 3.02. The van der Waals surface area contributed by atoms with Crippen molar-refractivity contribution in [3.05, 3.63) is 53.1 Å². The van der Waals surface area contributed by atoms with Gasteiger partial charge in [0.05, 0.1) is 49.1 Å². The third-order valence-electron chi connectivity index (χ3n) is 6.98. The second kappa shape index (κ2) is 10.7. The number of hydrogen-bond acceptors (Lipinski definition) is 6.